The number of hydrogen-bond donors (Lipinski definition) is 2. The van der Waals surface area contributed by atoms with Crippen molar-refractivity contribution in [2.24, 2.45) is 5.92 Å². The fourth-order valence-electron chi connectivity index (χ4n) is 1.93. The second kappa shape index (κ2) is 4.94. The lowest BCUT2D eigenvalue weighted by Crippen LogP contribution is -2.20. The van der Waals surface area contributed by atoms with Crippen LogP contribution in [0.1, 0.15) is 24.5 Å². The Labute approximate surface area is 101 Å². The molecule has 0 aliphatic heterocycles. The molecule has 1 aromatic rings. The van der Waals surface area contributed by atoms with Crippen LogP contribution < -0.4 is 9.47 Å². The molecule has 0 radical (unpaired) electrons. The van der Waals surface area contributed by atoms with Gasteiger partial charge in [0.2, 0.25) is 0 Å². The number of rotatable bonds is 5. The van der Waals surface area contributed by atoms with Crippen LogP contribution in [0.25, 0.3) is 0 Å². The lowest BCUT2D eigenvalue weighted by Gasteiger charge is -2.19. The molecule has 2 atom stereocenters. The molecule has 17 heavy (non-hydrogen) atoms. The van der Waals surface area contributed by atoms with Gasteiger partial charge in [-0.3, -0.25) is 0 Å². The highest BCUT2D eigenvalue weighted by atomic mass is 16.5. The van der Waals surface area contributed by atoms with Crippen molar-refractivity contribution in [1.29, 1.82) is 0 Å². The van der Waals surface area contributed by atoms with E-state index < -0.39 is 12.2 Å². The first kappa shape index (κ1) is 12.2. The van der Waals surface area contributed by atoms with Crippen LogP contribution in [-0.4, -0.2) is 30.5 Å². The van der Waals surface area contributed by atoms with Gasteiger partial charge in [-0.05, 0) is 36.5 Å². The Kier molecular flexibility index (Phi) is 3.54. The van der Waals surface area contributed by atoms with Crippen LogP contribution in [0.2, 0.25) is 0 Å². The van der Waals surface area contributed by atoms with Gasteiger partial charge in [0.05, 0.1) is 20.3 Å². The Bertz CT molecular complexity index is 387. The third-order valence-corrected chi connectivity index (χ3v) is 3.18. The van der Waals surface area contributed by atoms with Gasteiger partial charge in [0.15, 0.2) is 11.5 Å². The summed E-state index contributed by atoms with van der Waals surface area (Å²) in [7, 11) is 3.11. The molecule has 0 heterocycles. The Morgan fingerprint density at radius 2 is 1.76 bits per heavy atom. The fraction of sp³-hybridized carbons (Fsp3) is 0.538. The Balaban J connectivity index is 2.19. The number of hydrogen-bond acceptors (Lipinski definition) is 4. The van der Waals surface area contributed by atoms with Crippen LogP contribution in [-0.2, 0) is 0 Å². The lowest BCUT2D eigenvalue weighted by molar-refractivity contribution is 0.00472. The minimum absolute atomic E-state index is 0.234. The first-order valence-corrected chi connectivity index (χ1v) is 5.75. The van der Waals surface area contributed by atoms with Crippen LogP contribution in [0.3, 0.4) is 0 Å². The first-order chi connectivity index (χ1) is 8.17. The molecule has 1 aliphatic rings. The Hall–Kier alpha value is -1.26. The highest BCUT2D eigenvalue weighted by Gasteiger charge is 2.35. The molecule has 0 bridgehead atoms. The maximum absolute atomic E-state index is 10.0. The normalized spacial score (nSPS) is 18.6. The predicted octanol–water partition coefficient (Wildman–Crippen LogP) is 1.51. The molecule has 1 aromatic carbocycles. The van der Waals surface area contributed by atoms with Gasteiger partial charge in [0, 0.05) is 0 Å². The zero-order chi connectivity index (χ0) is 12.4. The van der Waals surface area contributed by atoms with Gasteiger partial charge in [0.25, 0.3) is 0 Å². The van der Waals surface area contributed by atoms with Gasteiger partial charge in [-0.15, -0.1) is 0 Å². The van der Waals surface area contributed by atoms with Gasteiger partial charge >= 0.3 is 0 Å². The molecule has 1 saturated carbocycles. The quantitative estimate of drug-likeness (QED) is 0.816. The van der Waals surface area contributed by atoms with Crippen LogP contribution in [0.5, 0.6) is 11.5 Å². The van der Waals surface area contributed by atoms with Crippen LogP contribution in [0, 0.1) is 5.92 Å². The van der Waals surface area contributed by atoms with Gasteiger partial charge in [-0.25, -0.2) is 0 Å². The molecule has 0 amide bonds. The summed E-state index contributed by atoms with van der Waals surface area (Å²) in [6.45, 7) is 0. The van der Waals surface area contributed by atoms with E-state index in [1.54, 1.807) is 32.4 Å². The van der Waals surface area contributed by atoms with E-state index in [1.807, 2.05) is 0 Å². The van der Waals surface area contributed by atoms with Crippen LogP contribution in [0.4, 0.5) is 0 Å². The Morgan fingerprint density at radius 3 is 2.29 bits per heavy atom. The summed E-state index contributed by atoms with van der Waals surface area (Å²) in [6, 6.07) is 5.18. The smallest absolute Gasteiger partial charge is 0.161 e. The second-order valence-corrected chi connectivity index (χ2v) is 4.39. The molecule has 2 rings (SSSR count). The van der Waals surface area contributed by atoms with E-state index in [-0.39, 0.29) is 5.92 Å². The summed E-state index contributed by atoms with van der Waals surface area (Å²) >= 11 is 0. The number of aliphatic hydroxyl groups is 2. The molecule has 1 fully saturated rings. The minimum Gasteiger partial charge on any atom is -0.493 e. The van der Waals surface area contributed by atoms with E-state index in [0.717, 1.165) is 12.8 Å². The lowest BCUT2D eigenvalue weighted by atomic mass is 10.0. The average molecular weight is 238 g/mol. The molecular weight excluding hydrogens is 220 g/mol. The van der Waals surface area contributed by atoms with Crippen molar-refractivity contribution >= 4 is 0 Å². The van der Waals surface area contributed by atoms with Gasteiger partial charge in [-0.2, -0.15) is 0 Å². The topological polar surface area (TPSA) is 58.9 Å². The SMILES string of the molecule is COc1ccc(C(O)C(O)C2CC2)cc1OC. The number of methoxy groups -OCH3 is 2. The van der Waals surface area contributed by atoms with E-state index in [4.69, 9.17) is 9.47 Å². The Morgan fingerprint density at radius 1 is 1.12 bits per heavy atom. The van der Waals surface area contributed by atoms with Crippen LogP contribution >= 0.6 is 0 Å². The fourth-order valence-corrected chi connectivity index (χ4v) is 1.93. The largest absolute Gasteiger partial charge is 0.493 e. The van der Waals surface area contributed by atoms with Gasteiger partial charge in [0.1, 0.15) is 6.10 Å². The van der Waals surface area contributed by atoms with E-state index in [9.17, 15) is 10.2 Å². The average Bonchev–Trinajstić information content (AvgIpc) is 3.20. The number of ether oxygens (including phenoxy) is 2. The highest BCUT2D eigenvalue weighted by molar-refractivity contribution is 5.43. The predicted molar refractivity (Wildman–Crippen MR) is 63.2 cm³/mol. The summed E-state index contributed by atoms with van der Waals surface area (Å²) in [5.74, 6) is 1.41. The summed E-state index contributed by atoms with van der Waals surface area (Å²) in [4.78, 5) is 0. The summed E-state index contributed by atoms with van der Waals surface area (Å²) in [5, 5.41) is 19.9. The molecule has 0 saturated heterocycles. The van der Waals surface area contributed by atoms with Gasteiger partial charge < -0.3 is 19.7 Å². The molecule has 0 spiro atoms. The third kappa shape index (κ3) is 2.53. The summed E-state index contributed by atoms with van der Waals surface area (Å²) < 4.78 is 10.3. The first-order valence-electron chi connectivity index (χ1n) is 5.75. The zero-order valence-corrected chi connectivity index (χ0v) is 10.1. The monoisotopic (exact) mass is 238 g/mol. The molecule has 94 valence electrons. The molecule has 4 heteroatoms. The van der Waals surface area contributed by atoms with Crippen molar-refractivity contribution in [2.45, 2.75) is 25.0 Å². The van der Waals surface area contributed by atoms with E-state index >= 15 is 0 Å². The highest BCUT2D eigenvalue weighted by Crippen LogP contribution is 2.39. The molecular formula is C13H18O4. The summed E-state index contributed by atoms with van der Waals surface area (Å²) in [6.07, 6.45) is 0.437. The second-order valence-electron chi connectivity index (χ2n) is 4.39. The van der Waals surface area contributed by atoms with E-state index in [2.05, 4.69) is 0 Å². The maximum Gasteiger partial charge on any atom is 0.161 e. The van der Waals surface area contributed by atoms with E-state index in [1.165, 1.54) is 0 Å². The number of benzene rings is 1. The van der Waals surface area contributed by atoms with Crippen LogP contribution in [0.15, 0.2) is 18.2 Å². The molecule has 0 aromatic heterocycles. The van der Waals surface area contributed by atoms with Crippen molar-refractivity contribution < 1.29 is 19.7 Å². The molecule has 2 N–H and O–H groups in total. The van der Waals surface area contributed by atoms with E-state index in [0.29, 0.717) is 17.1 Å². The maximum atomic E-state index is 10.0. The van der Waals surface area contributed by atoms with Crippen molar-refractivity contribution in [3.05, 3.63) is 23.8 Å². The van der Waals surface area contributed by atoms with Crippen molar-refractivity contribution in [3.63, 3.8) is 0 Å². The number of aliphatic hydroxyl groups excluding tert-OH is 2. The minimum atomic E-state index is -0.859. The van der Waals surface area contributed by atoms with Gasteiger partial charge in [-0.1, -0.05) is 6.07 Å². The van der Waals surface area contributed by atoms with Crippen molar-refractivity contribution in [2.75, 3.05) is 14.2 Å². The third-order valence-electron chi connectivity index (χ3n) is 3.18. The summed E-state index contributed by atoms with van der Waals surface area (Å²) in [5.41, 5.74) is 0.655. The van der Waals surface area contributed by atoms with Crippen molar-refractivity contribution in [1.82, 2.24) is 0 Å². The van der Waals surface area contributed by atoms with Crippen molar-refractivity contribution in [3.8, 4) is 11.5 Å². The molecule has 2 unspecified atom stereocenters. The standard InChI is InChI=1S/C13H18O4/c1-16-10-6-5-9(7-11(10)17-2)13(15)12(14)8-3-4-8/h5-8,12-15H,3-4H2,1-2H3. The zero-order valence-electron chi connectivity index (χ0n) is 10.1. The molecule has 1 aliphatic carbocycles. The molecule has 4 nitrogen and oxygen atoms in total.